The molecule has 0 heterocycles. The zero-order valence-electron chi connectivity index (χ0n) is 21.2. The van der Waals surface area contributed by atoms with E-state index in [0.717, 1.165) is 0 Å². The van der Waals surface area contributed by atoms with Gasteiger partial charge in [0.1, 0.15) is 0 Å². The summed E-state index contributed by atoms with van der Waals surface area (Å²) in [5, 5.41) is 0. The SMILES string of the molecule is c1ccc(C(=C(c2ccc(-c3ccccc3)cc2)c2ccc(-c3ccccc3)cc2)c2ccccc2)cc1. The third-order valence-corrected chi connectivity index (χ3v) is 6.94. The fourth-order valence-electron chi connectivity index (χ4n) is 5.04. The molecule has 0 N–H and O–H groups in total. The van der Waals surface area contributed by atoms with Gasteiger partial charge in [-0.05, 0) is 55.7 Å². The summed E-state index contributed by atoms with van der Waals surface area (Å²) in [6.45, 7) is 0. The Morgan fingerprint density at radius 2 is 0.447 bits per heavy atom. The topological polar surface area (TPSA) is 0 Å². The highest BCUT2D eigenvalue weighted by atomic mass is 14.2. The second kappa shape index (κ2) is 11.0. The van der Waals surface area contributed by atoms with Crippen LogP contribution in [0.2, 0.25) is 0 Å². The Morgan fingerprint density at radius 3 is 0.763 bits per heavy atom. The molecule has 0 saturated heterocycles. The third-order valence-electron chi connectivity index (χ3n) is 6.94. The summed E-state index contributed by atoms with van der Waals surface area (Å²) in [6.07, 6.45) is 0. The Hall–Kier alpha value is -4.94. The molecular weight excluding hydrogens is 456 g/mol. The van der Waals surface area contributed by atoms with Crippen molar-refractivity contribution in [3.05, 3.63) is 192 Å². The summed E-state index contributed by atoms with van der Waals surface area (Å²) in [5.41, 5.74) is 12.1. The van der Waals surface area contributed by atoms with E-state index >= 15 is 0 Å². The lowest BCUT2D eigenvalue weighted by Crippen LogP contribution is -1.97. The van der Waals surface area contributed by atoms with Crippen molar-refractivity contribution in [1.29, 1.82) is 0 Å². The fraction of sp³-hybridized carbons (Fsp3) is 0. The van der Waals surface area contributed by atoms with Crippen molar-refractivity contribution in [2.75, 3.05) is 0 Å². The Labute approximate surface area is 225 Å². The van der Waals surface area contributed by atoms with Crippen molar-refractivity contribution in [2.24, 2.45) is 0 Å². The van der Waals surface area contributed by atoms with Crippen molar-refractivity contribution in [3.63, 3.8) is 0 Å². The van der Waals surface area contributed by atoms with Crippen molar-refractivity contribution in [2.45, 2.75) is 0 Å². The number of hydrogen-bond donors (Lipinski definition) is 0. The van der Waals surface area contributed by atoms with Gasteiger partial charge in [-0.1, -0.05) is 170 Å². The first-order valence-corrected chi connectivity index (χ1v) is 13.0. The summed E-state index contributed by atoms with van der Waals surface area (Å²) in [5.74, 6) is 0. The average Bonchev–Trinajstić information content (AvgIpc) is 3.02. The van der Waals surface area contributed by atoms with E-state index in [9.17, 15) is 0 Å². The lowest BCUT2D eigenvalue weighted by atomic mass is 9.85. The van der Waals surface area contributed by atoms with Crippen LogP contribution in [0.15, 0.2) is 170 Å². The Balaban J connectivity index is 1.56. The van der Waals surface area contributed by atoms with Gasteiger partial charge in [0.05, 0.1) is 0 Å². The van der Waals surface area contributed by atoms with Crippen LogP contribution in [0.1, 0.15) is 22.3 Å². The lowest BCUT2D eigenvalue weighted by molar-refractivity contribution is 1.49. The third kappa shape index (κ3) is 4.98. The summed E-state index contributed by atoms with van der Waals surface area (Å²) < 4.78 is 0. The molecule has 0 aromatic heterocycles. The van der Waals surface area contributed by atoms with Crippen molar-refractivity contribution in [1.82, 2.24) is 0 Å². The second-order valence-electron chi connectivity index (χ2n) is 9.37. The number of benzene rings is 6. The summed E-state index contributed by atoms with van der Waals surface area (Å²) in [7, 11) is 0. The molecule has 0 nitrogen and oxygen atoms in total. The van der Waals surface area contributed by atoms with Crippen LogP contribution in [0.25, 0.3) is 33.4 Å². The molecule has 0 atom stereocenters. The molecule has 180 valence electrons. The van der Waals surface area contributed by atoms with Crippen molar-refractivity contribution >= 4 is 11.1 Å². The van der Waals surface area contributed by atoms with E-state index in [-0.39, 0.29) is 0 Å². The molecule has 0 heteroatoms. The quantitative estimate of drug-likeness (QED) is 0.206. The van der Waals surface area contributed by atoms with Gasteiger partial charge in [-0.2, -0.15) is 0 Å². The highest BCUT2D eigenvalue weighted by Crippen LogP contribution is 2.38. The molecule has 0 fully saturated rings. The lowest BCUT2D eigenvalue weighted by Gasteiger charge is -2.19. The standard InChI is InChI=1S/C38H28/c1-5-13-29(14-6-1)31-21-25-35(26-22-31)38(36-27-23-32(24-28-36)30-15-7-2-8-16-30)37(33-17-9-3-10-18-33)34-19-11-4-12-20-34/h1-28H. The first kappa shape index (κ1) is 23.5. The molecule has 0 aliphatic rings. The van der Waals surface area contributed by atoms with Gasteiger partial charge in [0.15, 0.2) is 0 Å². The maximum absolute atomic E-state index is 2.26. The summed E-state index contributed by atoms with van der Waals surface area (Å²) >= 11 is 0. The Morgan fingerprint density at radius 1 is 0.211 bits per heavy atom. The molecule has 0 aliphatic carbocycles. The monoisotopic (exact) mass is 484 g/mol. The predicted molar refractivity (Wildman–Crippen MR) is 162 cm³/mol. The molecule has 0 unspecified atom stereocenters. The van der Waals surface area contributed by atoms with Crippen LogP contribution in [-0.4, -0.2) is 0 Å². The van der Waals surface area contributed by atoms with Gasteiger partial charge in [0.25, 0.3) is 0 Å². The minimum atomic E-state index is 1.19. The van der Waals surface area contributed by atoms with Crippen LogP contribution in [0.3, 0.4) is 0 Å². The zero-order chi connectivity index (χ0) is 25.6. The number of hydrogen-bond acceptors (Lipinski definition) is 0. The molecule has 0 radical (unpaired) electrons. The fourth-order valence-corrected chi connectivity index (χ4v) is 5.04. The minimum absolute atomic E-state index is 1.19. The van der Waals surface area contributed by atoms with E-state index in [2.05, 4.69) is 170 Å². The molecule has 0 bridgehead atoms. The molecule has 6 aromatic carbocycles. The van der Waals surface area contributed by atoms with Gasteiger partial charge >= 0.3 is 0 Å². The van der Waals surface area contributed by atoms with Crippen molar-refractivity contribution in [3.8, 4) is 22.3 Å². The first-order valence-electron chi connectivity index (χ1n) is 13.0. The van der Waals surface area contributed by atoms with E-state index in [0.29, 0.717) is 0 Å². The molecule has 6 aromatic rings. The maximum Gasteiger partial charge on any atom is -0.00268 e. The molecule has 0 spiro atoms. The van der Waals surface area contributed by atoms with Crippen LogP contribution in [0.5, 0.6) is 0 Å². The van der Waals surface area contributed by atoms with E-state index < -0.39 is 0 Å². The summed E-state index contributed by atoms with van der Waals surface area (Å²) in [4.78, 5) is 0. The first-order chi connectivity index (χ1) is 18.9. The predicted octanol–water partition coefficient (Wildman–Crippen LogP) is 10.0. The second-order valence-corrected chi connectivity index (χ2v) is 9.37. The molecule has 0 saturated carbocycles. The molecule has 0 aliphatic heterocycles. The molecule has 6 rings (SSSR count). The maximum atomic E-state index is 2.26. The van der Waals surface area contributed by atoms with Crippen LogP contribution < -0.4 is 0 Å². The van der Waals surface area contributed by atoms with Gasteiger partial charge in [0.2, 0.25) is 0 Å². The zero-order valence-corrected chi connectivity index (χ0v) is 21.2. The highest BCUT2D eigenvalue weighted by molar-refractivity contribution is 6.04. The average molecular weight is 485 g/mol. The number of rotatable bonds is 6. The van der Waals surface area contributed by atoms with Crippen LogP contribution in [0, 0.1) is 0 Å². The molecular formula is C38H28. The van der Waals surface area contributed by atoms with E-state index in [1.54, 1.807) is 0 Å². The van der Waals surface area contributed by atoms with Gasteiger partial charge in [-0.15, -0.1) is 0 Å². The minimum Gasteiger partial charge on any atom is -0.0622 e. The van der Waals surface area contributed by atoms with Gasteiger partial charge in [0, 0.05) is 0 Å². The van der Waals surface area contributed by atoms with Gasteiger partial charge in [-0.25, -0.2) is 0 Å². The van der Waals surface area contributed by atoms with Gasteiger partial charge < -0.3 is 0 Å². The van der Waals surface area contributed by atoms with Crippen LogP contribution >= 0.6 is 0 Å². The van der Waals surface area contributed by atoms with Gasteiger partial charge in [-0.3, -0.25) is 0 Å². The highest BCUT2D eigenvalue weighted by Gasteiger charge is 2.16. The van der Waals surface area contributed by atoms with Crippen molar-refractivity contribution < 1.29 is 0 Å². The normalized spacial score (nSPS) is 10.6. The molecule has 38 heavy (non-hydrogen) atoms. The van der Waals surface area contributed by atoms with Crippen LogP contribution in [-0.2, 0) is 0 Å². The largest absolute Gasteiger partial charge is 0.0622 e. The molecule has 0 amide bonds. The smallest absolute Gasteiger partial charge is 0.00268 e. The summed E-state index contributed by atoms with van der Waals surface area (Å²) in [6, 6.07) is 60.5. The van der Waals surface area contributed by atoms with E-state index in [1.807, 2.05) is 0 Å². The Bertz CT molecular complexity index is 1500. The van der Waals surface area contributed by atoms with E-state index in [1.165, 1.54) is 55.7 Å². The van der Waals surface area contributed by atoms with Crippen LogP contribution in [0.4, 0.5) is 0 Å². The van der Waals surface area contributed by atoms with E-state index in [4.69, 9.17) is 0 Å². The Kier molecular flexibility index (Phi) is 6.78.